The summed E-state index contributed by atoms with van der Waals surface area (Å²) in [4.78, 5) is 16.1. The molecule has 0 bridgehead atoms. The first kappa shape index (κ1) is 18.7. The van der Waals surface area contributed by atoms with Gasteiger partial charge in [-0.1, -0.05) is 30.3 Å². The summed E-state index contributed by atoms with van der Waals surface area (Å²) >= 11 is 0. The van der Waals surface area contributed by atoms with Crippen molar-refractivity contribution < 1.29 is 18.0 Å². The molecule has 1 aliphatic heterocycles. The Morgan fingerprint density at radius 1 is 1.07 bits per heavy atom. The van der Waals surface area contributed by atoms with Crippen molar-refractivity contribution in [3.05, 3.63) is 83.7 Å². The van der Waals surface area contributed by atoms with Gasteiger partial charge in [-0.15, -0.1) is 0 Å². The number of carbonyl (C=O) groups excluding carboxylic acids is 1. The maximum atomic E-state index is 13.1. The highest BCUT2D eigenvalue weighted by Crippen LogP contribution is 2.38. The minimum atomic E-state index is -4.44. The van der Waals surface area contributed by atoms with Gasteiger partial charge in [-0.2, -0.15) is 13.2 Å². The van der Waals surface area contributed by atoms with Crippen LogP contribution < -0.4 is 10.6 Å². The van der Waals surface area contributed by atoms with Gasteiger partial charge in [0.25, 0.3) is 0 Å². The van der Waals surface area contributed by atoms with Gasteiger partial charge in [-0.05, 0) is 47.7 Å². The fourth-order valence-corrected chi connectivity index (χ4v) is 3.31. The lowest BCUT2D eigenvalue weighted by molar-refractivity contribution is -0.137. The second-order valence-electron chi connectivity index (χ2n) is 6.53. The fourth-order valence-electron chi connectivity index (χ4n) is 3.31. The van der Waals surface area contributed by atoms with Crippen LogP contribution in [0, 0.1) is 0 Å². The molecule has 0 saturated carbocycles. The standard InChI is InChI=1S/C22H16F3N3O/c23-22(24,25)15-6-4-5-14(11-15)18-12-27-21(28-16-7-2-1-3-8-16)20-17(18)9-10-26-19(20)13-29/h1-13,19,26H,(H,27,28). The molecule has 29 heavy (non-hydrogen) atoms. The molecule has 4 nitrogen and oxygen atoms in total. The van der Waals surface area contributed by atoms with Gasteiger partial charge in [-0.25, -0.2) is 4.98 Å². The van der Waals surface area contributed by atoms with E-state index in [0.717, 1.165) is 24.1 Å². The van der Waals surface area contributed by atoms with Crippen LogP contribution in [0.3, 0.4) is 0 Å². The number of carbonyl (C=O) groups is 1. The van der Waals surface area contributed by atoms with E-state index in [1.54, 1.807) is 18.3 Å². The van der Waals surface area contributed by atoms with E-state index in [2.05, 4.69) is 15.6 Å². The lowest BCUT2D eigenvalue weighted by Crippen LogP contribution is -2.23. The number of para-hydroxylation sites is 1. The summed E-state index contributed by atoms with van der Waals surface area (Å²) in [5, 5.41) is 6.14. The van der Waals surface area contributed by atoms with Crippen LogP contribution in [-0.4, -0.2) is 11.3 Å². The van der Waals surface area contributed by atoms with Crippen molar-refractivity contribution in [1.29, 1.82) is 0 Å². The normalized spacial score (nSPS) is 15.3. The third-order valence-corrected chi connectivity index (χ3v) is 4.67. The Hall–Kier alpha value is -3.61. The molecule has 0 fully saturated rings. The molecule has 4 rings (SSSR count). The van der Waals surface area contributed by atoms with Crippen LogP contribution >= 0.6 is 0 Å². The predicted octanol–water partition coefficient (Wildman–Crippen LogP) is 5.32. The van der Waals surface area contributed by atoms with Gasteiger partial charge < -0.3 is 15.4 Å². The quantitative estimate of drug-likeness (QED) is 0.587. The Morgan fingerprint density at radius 2 is 1.86 bits per heavy atom. The van der Waals surface area contributed by atoms with E-state index in [-0.39, 0.29) is 0 Å². The summed E-state index contributed by atoms with van der Waals surface area (Å²) in [6.07, 6.45) is 1.18. The number of pyridine rings is 1. The van der Waals surface area contributed by atoms with E-state index in [1.165, 1.54) is 12.3 Å². The molecule has 0 aliphatic carbocycles. The van der Waals surface area contributed by atoms with Crippen LogP contribution in [0.2, 0.25) is 0 Å². The van der Waals surface area contributed by atoms with Gasteiger partial charge >= 0.3 is 6.18 Å². The number of nitrogens with zero attached hydrogens (tertiary/aromatic N) is 1. The van der Waals surface area contributed by atoms with Crippen LogP contribution in [0.1, 0.15) is 22.7 Å². The van der Waals surface area contributed by atoms with E-state index in [9.17, 15) is 18.0 Å². The van der Waals surface area contributed by atoms with Crippen LogP contribution in [-0.2, 0) is 11.0 Å². The third kappa shape index (κ3) is 3.71. The van der Waals surface area contributed by atoms with E-state index in [1.807, 2.05) is 30.3 Å². The van der Waals surface area contributed by atoms with Crippen LogP contribution in [0.5, 0.6) is 0 Å². The van der Waals surface area contributed by atoms with E-state index in [4.69, 9.17) is 0 Å². The van der Waals surface area contributed by atoms with Crippen LogP contribution in [0.25, 0.3) is 17.2 Å². The van der Waals surface area contributed by atoms with Crippen molar-refractivity contribution in [2.24, 2.45) is 0 Å². The number of anilines is 2. The van der Waals surface area contributed by atoms with Gasteiger partial charge in [0.05, 0.1) is 5.56 Å². The van der Waals surface area contributed by atoms with Crippen molar-refractivity contribution >= 4 is 23.9 Å². The first-order chi connectivity index (χ1) is 14.0. The number of aldehydes is 1. The first-order valence-electron chi connectivity index (χ1n) is 8.88. The molecule has 1 unspecified atom stereocenters. The van der Waals surface area contributed by atoms with Crippen molar-refractivity contribution in [3.8, 4) is 11.1 Å². The molecule has 7 heteroatoms. The number of nitrogens with one attached hydrogen (secondary N) is 2. The molecule has 0 amide bonds. The number of aromatic nitrogens is 1. The Bertz CT molecular complexity index is 1080. The van der Waals surface area contributed by atoms with Gasteiger partial charge in [0.1, 0.15) is 18.1 Å². The molecule has 0 spiro atoms. The van der Waals surface area contributed by atoms with Gasteiger partial charge in [0.15, 0.2) is 0 Å². The van der Waals surface area contributed by atoms with Gasteiger partial charge in [-0.3, -0.25) is 0 Å². The minimum absolute atomic E-state index is 0.381. The van der Waals surface area contributed by atoms with Crippen LogP contribution in [0.4, 0.5) is 24.7 Å². The highest BCUT2D eigenvalue weighted by Gasteiger charge is 2.31. The number of benzene rings is 2. The third-order valence-electron chi connectivity index (χ3n) is 4.67. The zero-order chi connectivity index (χ0) is 20.4. The second-order valence-corrected chi connectivity index (χ2v) is 6.53. The fraction of sp³-hybridized carbons (Fsp3) is 0.0909. The lowest BCUT2D eigenvalue weighted by atomic mass is 9.91. The lowest BCUT2D eigenvalue weighted by Gasteiger charge is -2.24. The Labute approximate surface area is 165 Å². The topological polar surface area (TPSA) is 54.0 Å². The molecule has 0 radical (unpaired) electrons. The number of alkyl halides is 3. The van der Waals surface area contributed by atoms with Gasteiger partial charge in [0, 0.05) is 23.0 Å². The summed E-state index contributed by atoms with van der Waals surface area (Å²) in [7, 11) is 0. The highest BCUT2D eigenvalue weighted by atomic mass is 19.4. The molecule has 1 aromatic heterocycles. The Morgan fingerprint density at radius 3 is 2.59 bits per heavy atom. The summed E-state index contributed by atoms with van der Waals surface area (Å²) in [5.74, 6) is 0.468. The molecular formula is C22H16F3N3O. The summed E-state index contributed by atoms with van der Waals surface area (Å²) in [5.41, 5.74) is 2.18. The maximum Gasteiger partial charge on any atom is 0.416 e. The molecule has 2 aromatic carbocycles. The Balaban J connectivity index is 1.86. The first-order valence-corrected chi connectivity index (χ1v) is 8.88. The molecular weight excluding hydrogens is 379 g/mol. The van der Waals surface area contributed by atoms with Gasteiger partial charge in [0.2, 0.25) is 0 Å². The molecule has 2 N–H and O–H groups in total. The molecule has 1 atom stereocenters. The monoisotopic (exact) mass is 395 g/mol. The molecule has 1 aliphatic rings. The second kappa shape index (κ2) is 7.43. The molecule has 2 heterocycles. The van der Waals surface area contributed by atoms with E-state index >= 15 is 0 Å². The number of rotatable bonds is 4. The van der Waals surface area contributed by atoms with Crippen molar-refractivity contribution in [3.63, 3.8) is 0 Å². The molecule has 3 aromatic rings. The van der Waals surface area contributed by atoms with Crippen molar-refractivity contribution in [2.75, 3.05) is 5.32 Å². The number of hydrogen-bond acceptors (Lipinski definition) is 4. The number of halogens is 3. The van der Waals surface area contributed by atoms with E-state index in [0.29, 0.717) is 28.1 Å². The van der Waals surface area contributed by atoms with E-state index < -0.39 is 17.8 Å². The summed E-state index contributed by atoms with van der Waals surface area (Å²) in [6.45, 7) is 0. The maximum absolute atomic E-state index is 13.1. The van der Waals surface area contributed by atoms with Crippen molar-refractivity contribution in [2.45, 2.75) is 12.2 Å². The smallest absolute Gasteiger partial charge is 0.378 e. The summed E-state index contributed by atoms with van der Waals surface area (Å²) < 4.78 is 39.4. The average Bonchev–Trinajstić information content (AvgIpc) is 2.73. The molecule has 146 valence electrons. The SMILES string of the molecule is O=CC1NC=Cc2c(-c3cccc(C(F)(F)F)c3)cnc(Nc3ccccc3)c21. The highest BCUT2D eigenvalue weighted by molar-refractivity contribution is 5.85. The molecule has 0 saturated heterocycles. The number of fused-ring (bicyclic) bond motifs is 1. The van der Waals surface area contributed by atoms with Crippen LogP contribution in [0.15, 0.2) is 67.0 Å². The minimum Gasteiger partial charge on any atom is -0.378 e. The predicted molar refractivity (Wildman–Crippen MR) is 105 cm³/mol. The zero-order valence-corrected chi connectivity index (χ0v) is 15.1. The van der Waals surface area contributed by atoms with Crippen molar-refractivity contribution in [1.82, 2.24) is 10.3 Å². The number of hydrogen-bond donors (Lipinski definition) is 2. The largest absolute Gasteiger partial charge is 0.416 e. The Kier molecular flexibility index (Phi) is 4.80. The zero-order valence-electron chi connectivity index (χ0n) is 15.1. The summed E-state index contributed by atoms with van der Waals surface area (Å²) in [6, 6.07) is 13.7. The average molecular weight is 395 g/mol.